The van der Waals surface area contributed by atoms with E-state index in [9.17, 15) is 8.42 Å². The quantitative estimate of drug-likeness (QED) is 0.612. The molecule has 0 atom stereocenters. The molecule has 0 amide bonds. The van der Waals surface area contributed by atoms with Gasteiger partial charge in [0.2, 0.25) is 9.84 Å². The van der Waals surface area contributed by atoms with E-state index in [0.29, 0.717) is 11.5 Å². The predicted molar refractivity (Wildman–Crippen MR) is 63.1 cm³/mol. The molecule has 0 saturated heterocycles. The molecule has 4 heteroatoms. The van der Waals surface area contributed by atoms with Crippen molar-refractivity contribution in [2.75, 3.05) is 0 Å². The first-order chi connectivity index (χ1) is 8.10. The van der Waals surface area contributed by atoms with E-state index in [2.05, 4.69) is 0 Å². The van der Waals surface area contributed by atoms with Crippen molar-refractivity contribution in [3.8, 4) is 11.5 Å². The molecule has 0 saturated carbocycles. The van der Waals surface area contributed by atoms with Crippen molar-refractivity contribution in [1.82, 2.24) is 0 Å². The molecule has 3 rings (SSSR count). The molecule has 2 aromatic carbocycles. The Bertz CT molecular complexity index is 702. The third-order valence-corrected chi connectivity index (χ3v) is 4.63. The summed E-state index contributed by atoms with van der Waals surface area (Å²) >= 11 is 0. The lowest BCUT2D eigenvalue weighted by molar-refractivity contribution is 0.439. The van der Waals surface area contributed by atoms with E-state index in [1.165, 1.54) is 0 Å². The van der Waals surface area contributed by atoms with E-state index in [1.807, 2.05) is 13.0 Å². The van der Waals surface area contributed by atoms with Gasteiger partial charge in [0.25, 0.3) is 0 Å². The van der Waals surface area contributed by atoms with Crippen LogP contribution in [0, 0.1) is 6.92 Å². The molecule has 0 spiro atoms. The highest BCUT2D eigenvalue weighted by atomic mass is 32.2. The van der Waals surface area contributed by atoms with Crippen molar-refractivity contribution in [2.45, 2.75) is 16.7 Å². The lowest BCUT2D eigenvalue weighted by Crippen LogP contribution is -2.11. The van der Waals surface area contributed by atoms with Crippen LogP contribution in [0.15, 0.2) is 52.3 Å². The fraction of sp³-hybridized carbons (Fsp3) is 0.0769. The van der Waals surface area contributed by atoms with Crippen LogP contribution in [-0.4, -0.2) is 8.42 Å². The lowest BCUT2D eigenvalue weighted by Gasteiger charge is -2.21. The molecule has 0 aromatic heterocycles. The number of para-hydroxylation sites is 2. The summed E-state index contributed by atoms with van der Waals surface area (Å²) in [6, 6.07) is 11.8. The van der Waals surface area contributed by atoms with E-state index in [-0.39, 0.29) is 9.79 Å². The van der Waals surface area contributed by atoms with Gasteiger partial charge >= 0.3 is 0 Å². The number of sulfone groups is 1. The maximum atomic E-state index is 12.4. The van der Waals surface area contributed by atoms with Gasteiger partial charge in [-0.25, -0.2) is 8.42 Å². The van der Waals surface area contributed by atoms with Crippen LogP contribution in [0.3, 0.4) is 0 Å². The van der Waals surface area contributed by atoms with Crippen molar-refractivity contribution in [3.63, 3.8) is 0 Å². The molecule has 0 bridgehead atoms. The summed E-state index contributed by atoms with van der Waals surface area (Å²) in [5.41, 5.74) is 0.820. The van der Waals surface area contributed by atoms with Gasteiger partial charge in [-0.15, -0.1) is 0 Å². The fourth-order valence-corrected chi connectivity index (χ4v) is 3.53. The molecular formula is C13H10O3S. The molecular weight excluding hydrogens is 236 g/mol. The third kappa shape index (κ3) is 1.37. The maximum Gasteiger partial charge on any atom is 0.213 e. The van der Waals surface area contributed by atoms with E-state index in [4.69, 9.17) is 4.74 Å². The van der Waals surface area contributed by atoms with E-state index in [0.717, 1.165) is 5.56 Å². The first kappa shape index (κ1) is 10.4. The van der Waals surface area contributed by atoms with Gasteiger partial charge in [0.15, 0.2) is 0 Å². The standard InChI is InChI=1S/C13H10O3S/c1-9-5-4-8-12-13(9)16-10-6-2-3-7-11(10)17(12,14)15/h2-8H,1H3. The second-order valence-electron chi connectivity index (χ2n) is 3.95. The summed E-state index contributed by atoms with van der Waals surface area (Å²) in [6.45, 7) is 1.84. The van der Waals surface area contributed by atoms with Gasteiger partial charge < -0.3 is 4.74 Å². The Labute approximate surface area is 99.6 Å². The van der Waals surface area contributed by atoms with Crippen LogP contribution in [0.1, 0.15) is 5.56 Å². The molecule has 0 aliphatic carbocycles. The van der Waals surface area contributed by atoms with Gasteiger partial charge in [0.05, 0.1) is 0 Å². The summed E-state index contributed by atoms with van der Waals surface area (Å²) < 4.78 is 30.4. The monoisotopic (exact) mass is 246 g/mol. The number of ether oxygens (including phenoxy) is 1. The zero-order valence-corrected chi connectivity index (χ0v) is 9.99. The molecule has 17 heavy (non-hydrogen) atoms. The lowest BCUT2D eigenvalue weighted by atomic mass is 10.2. The Morgan fingerprint density at radius 3 is 2.47 bits per heavy atom. The normalized spacial score (nSPS) is 15.6. The van der Waals surface area contributed by atoms with Crippen LogP contribution >= 0.6 is 0 Å². The van der Waals surface area contributed by atoms with Crippen molar-refractivity contribution < 1.29 is 13.2 Å². The van der Waals surface area contributed by atoms with Gasteiger partial charge in [-0.3, -0.25) is 0 Å². The van der Waals surface area contributed by atoms with Gasteiger partial charge in [0, 0.05) is 0 Å². The minimum absolute atomic E-state index is 0.234. The number of benzene rings is 2. The van der Waals surface area contributed by atoms with Crippen molar-refractivity contribution >= 4 is 9.84 Å². The molecule has 86 valence electrons. The van der Waals surface area contributed by atoms with Crippen molar-refractivity contribution in [3.05, 3.63) is 48.0 Å². The molecule has 1 aliphatic rings. The zero-order chi connectivity index (χ0) is 12.0. The Hall–Kier alpha value is -1.81. The summed E-state index contributed by atoms with van der Waals surface area (Å²) in [4.78, 5) is 0.481. The van der Waals surface area contributed by atoms with Crippen LogP contribution in [0.4, 0.5) is 0 Å². The average molecular weight is 246 g/mol. The number of aryl methyl sites for hydroxylation is 1. The molecule has 0 radical (unpaired) electrons. The first-order valence-corrected chi connectivity index (χ1v) is 6.70. The Morgan fingerprint density at radius 2 is 1.65 bits per heavy atom. The van der Waals surface area contributed by atoms with Crippen LogP contribution in [0.2, 0.25) is 0 Å². The number of hydrogen-bond acceptors (Lipinski definition) is 3. The van der Waals surface area contributed by atoms with Crippen LogP contribution in [0.25, 0.3) is 0 Å². The maximum absolute atomic E-state index is 12.4. The van der Waals surface area contributed by atoms with E-state index >= 15 is 0 Å². The topological polar surface area (TPSA) is 43.4 Å². The van der Waals surface area contributed by atoms with Gasteiger partial charge in [-0.2, -0.15) is 0 Å². The highest BCUT2D eigenvalue weighted by molar-refractivity contribution is 7.91. The second-order valence-corrected chi connectivity index (χ2v) is 5.84. The largest absolute Gasteiger partial charge is 0.454 e. The highest BCUT2D eigenvalue weighted by Gasteiger charge is 2.31. The fourth-order valence-electron chi connectivity index (χ4n) is 1.95. The molecule has 2 aromatic rings. The molecule has 1 heterocycles. The number of rotatable bonds is 0. The predicted octanol–water partition coefficient (Wildman–Crippen LogP) is 2.93. The second kappa shape index (κ2) is 3.34. The Morgan fingerprint density at radius 1 is 0.941 bits per heavy atom. The summed E-state index contributed by atoms with van der Waals surface area (Å²) in [7, 11) is -3.45. The van der Waals surface area contributed by atoms with Crippen LogP contribution in [0.5, 0.6) is 11.5 Å². The minimum Gasteiger partial charge on any atom is -0.454 e. The zero-order valence-electron chi connectivity index (χ0n) is 9.17. The molecule has 3 nitrogen and oxygen atoms in total. The summed E-state index contributed by atoms with van der Waals surface area (Å²) in [5, 5.41) is 0. The molecule has 0 N–H and O–H groups in total. The summed E-state index contributed by atoms with van der Waals surface area (Å²) in [6.07, 6.45) is 0. The number of hydrogen-bond donors (Lipinski definition) is 0. The average Bonchev–Trinajstić information content (AvgIpc) is 2.31. The first-order valence-electron chi connectivity index (χ1n) is 5.22. The van der Waals surface area contributed by atoms with E-state index < -0.39 is 9.84 Å². The number of fused-ring (bicyclic) bond motifs is 2. The van der Waals surface area contributed by atoms with Crippen molar-refractivity contribution in [1.29, 1.82) is 0 Å². The van der Waals surface area contributed by atoms with E-state index in [1.54, 1.807) is 36.4 Å². The molecule has 0 unspecified atom stereocenters. The smallest absolute Gasteiger partial charge is 0.213 e. The SMILES string of the molecule is Cc1cccc2c1Oc1ccccc1S2(=O)=O. The minimum atomic E-state index is -3.45. The Balaban J connectivity index is 2.39. The third-order valence-electron chi connectivity index (χ3n) is 2.82. The van der Waals surface area contributed by atoms with Gasteiger partial charge in [-0.1, -0.05) is 24.3 Å². The molecule has 1 aliphatic heterocycles. The Kier molecular flexibility index (Phi) is 2.03. The van der Waals surface area contributed by atoms with Crippen LogP contribution < -0.4 is 4.74 Å². The summed E-state index contributed by atoms with van der Waals surface area (Å²) in [5.74, 6) is 0.834. The van der Waals surface area contributed by atoms with Crippen LogP contribution in [-0.2, 0) is 9.84 Å². The molecule has 0 fully saturated rings. The van der Waals surface area contributed by atoms with Gasteiger partial charge in [-0.05, 0) is 30.7 Å². The van der Waals surface area contributed by atoms with Gasteiger partial charge in [0.1, 0.15) is 21.3 Å². The highest BCUT2D eigenvalue weighted by Crippen LogP contribution is 2.43. The van der Waals surface area contributed by atoms with Crippen molar-refractivity contribution in [2.24, 2.45) is 0 Å².